The molecule has 2 heterocycles. The Morgan fingerprint density at radius 2 is 1.45 bits per heavy atom. The lowest BCUT2D eigenvalue weighted by Gasteiger charge is -2.38. The van der Waals surface area contributed by atoms with E-state index in [9.17, 15) is 4.79 Å². The van der Waals surface area contributed by atoms with Gasteiger partial charge >= 0.3 is 5.97 Å². The molecule has 38 heavy (non-hydrogen) atoms. The number of rotatable bonds is 3. The summed E-state index contributed by atoms with van der Waals surface area (Å²) in [4.78, 5) is 24.2. The zero-order valence-electron chi connectivity index (χ0n) is 21.4. The van der Waals surface area contributed by atoms with E-state index in [1.165, 1.54) is 0 Å². The fraction of sp³-hybridized carbons (Fsp3) is 0.290. The fourth-order valence-electron chi connectivity index (χ4n) is 6.59. The van der Waals surface area contributed by atoms with Crippen molar-refractivity contribution in [1.29, 1.82) is 5.26 Å². The zero-order chi connectivity index (χ0) is 26.3. The maximum Gasteiger partial charge on any atom is 0.324 e. The third-order valence-corrected chi connectivity index (χ3v) is 9.29. The van der Waals surface area contributed by atoms with Crippen LogP contribution in [0.4, 0.5) is 0 Å². The molecule has 2 aliphatic carbocycles. The predicted molar refractivity (Wildman–Crippen MR) is 140 cm³/mol. The topological polar surface area (TPSA) is 94.3 Å². The molecule has 1 saturated carbocycles. The average molecular weight is 504 g/mol. The van der Waals surface area contributed by atoms with Crippen LogP contribution in [0.3, 0.4) is 0 Å². The molecule has 4 aromatic rings. The first-order valence-electron chi connectivity index (χ1n) is 12.7. The molecule has 0 amide bonds. The molecule has 3 aliphatic rings. The van der Waals surface area contributed by atoms with Crippen molar-refractivity contribution < 1.29 is 19.0 Å². The van der Waals surface area contributed by atoms with Gasteiger partial charge < -0.3 is 14.2 Å². The molecule has 0 saturated heterocycles. The van der Waals surface area contributed by atoms with Gasteiger partial charge in [-0.2, -0.15) is 5.26 Å². The molecule has 2 unspecified atom stereocenters. The van der Waals surface area contributed by atoms with Gasteiger partial charge in [-0.3, -0.25) is 4.79 Å². The number of hydrogen-bond acceptors (Lipinski definition) is 7. The number of aromatic nitrogens is 2. The summed E-state index contributed by atoms with van der Waals surface area (Å²) in [5.74, 6) is 1.49. The number of nitrogens with zero attached hydrogens (tertiary/aromatic N) is 3. The van der Waals surface area contributed by atoms with Gasteiger partial charge in [0, 0.05) is 17.5 Å². The smallest absolute Gasteiger partial charge is 0.324 e. The van der Waals surface area contributed by atoms with E-state index in [2.05, 4.69) is 26.8 Å². The molecule has 1 fully saturated rings. The molecule has 0 radical (unpaired) electrons. The lowest BCUT2D eigenvalue weighted by atomic mass is 9.64. The van der Waals surface area contributed by atoms with Crippen LogP contribution in [0.2, 0.25) is 0 Å². The summed E-state index contributed by atoms with van der Waals surface area (Å²) in [6.07, 6.45) is 1.47. The van der Waals surface area contributed by atoms with E-state index >= 15 is 0 Å². The highest BCUT2D eigenvalue weighted by molar-refractivity contribution is 5.91. The molecule has 1 aliphatic heterocycles. The second-order valence-corrected chi connectivity index (χ2v) is 11.1. The van der Waals surface area contributed by atoms with Crippen LogP contribution < -0.4 is 14.2 Å². The molecule has 1 aromatic heterocycles. The second kappa shape index (κ2) is 7.55. The van der Waals surface area contributed by atoms with Gasteiger partial charge in [0.2, 0.25) is 6.79 Å². The normalized spacial score (nSPS) is 23.7. The number of carbonyl (C=O) groups is 1. The number of carbonyl (C=O) groups excluding carboxylic acids is 1. The van der Waals surface area contributed by atoms with E-state index in [0.717, 1.165) is 28.8 Å². The van der Waals surface area contributed by atoms with Crippen LogP contribution in [0, 0.1) is 16.7 Å². The van der Waals surface area contributed by atoms with Gasteiger partial charge in [0.15, 0.2) is 11.5 Å². The average Bonchev–Trinajstić information content (AvgIpc) is 3.50. The van der Waals surface area contributed by atoms with Crippen molar-refractivity contribution >= 4 is 17.0 Å². The van der Waals surface area contributed by atoms with Crippen LogP contribution >= 0.6 is 0 Å². The molecular weight excluding hydrogens is 478 g/mol. The van der Waals surface area contributed by atoms with Crippen LogP contribution in [0.1, 0.15) is 50.6 Å². The monoisotopic (exact) mass is 503 g/mol. The van der Waals surface area contributed by atoms with E-state index < -0.39 is 10.8 Å². The molecule has 3 aromatic carbocycles. The van der Waals surface area contributed by atoms with Gasteiger partial charge in [0.25, 0.3) is 0 Å². The summed E-state index contributed by atoms with van der Waals surface area (Å²) in [6, 6.07) is 20.7. The Hall–Kier alpha value is -4.44. The Kier molecular flexibility index (Phi) is 4.51. The summed E-state index contributed by atoms with van der Waals surface area (Å²) < 4.78 is 17.2. The zero-order valence-corrected chi connectivity index (χ0v) is 21.4. The van der Waals surface area contributed by atoms with Crippen LogP contribution in [-0.4, -0.2) is 22.7 Å². The SMILES string of the molecule is CC12CCC(C(=O)Oc3ccc(-c4ccc(C#N)cc4)cc3)(c3nc4cc5c(cc4nc31)OCO5)C2(C)C. The van der Waals surface area contributed by atoms with Gasteiger partial charge in [-0.25, -0.2) is 9.97 Å². The lowest BCUT2D eigenvalue weighted by molar-refractivity contribution is -0.145. The molecule has 2 bridgehead atoms. The molecule has 7 rings (SSSR count). The highest BCUT2D eigenvalue weighted by Gasteiger charge is 2.74. The molecule has 0 spiro atoms. The Morgan fingerprint density at radius 3 is 2.05 bits per heavy atom. The first kappa shape index (κ1) is 22.7. The first-order valence-corrected chi connectivity index (χ1v) is 12.7. The van der Waals surface area contributed by atoms with E-state index in [1.807, 2.05) is 48.5 Å². The van der Waals surface area contributed by atoms with E-state index in [0.29, 0.717) is 40.4 Å². The largest absolute Gasteiger partial charge is 0.454 e. The molecule has 0 N–H and O–H groups in total. The van der Waals surface area contributed by atoms with Gasteiger partial charge in [0.1, 0.15) is 11.2 Å². The van der Waals surface area contributed by atoms with Gasteiger partial charge in [-0.05, 0) is 53.6 Å². The number of ether oxygens (including phenoxy) is 3. The fourth-order valence-corrected chi connectivity index (χ4v) is 6.59. The number of fused-ring (bicyclic) bond motifs is 7. The standard InChI is InChI=1S/C31H25N3O4/c1-29(2)30(3)12-13-31(29,27-26(30)33-22-14-24-25(37-17-36-24)15-23(22)34-27)28(35)38-21-10-8-20(9-11-21)19-6-4-18(16-32)5-7-19/h4-11,14-15H,12-13,17H2,1-3H3. The third kappa shape index (κ3) is 2.80. The Morgan fingerprint density at radius 1 is 0.868 bits per heavy atom. The Bertz CT molecular complexity index is 1690. The number of benzene rings is 3. The minimum atomic E-state index is -0.916. The van der Waals surface area contributed by atoms with Gasteiger partial charge in [-0.15, -0.1) is 0 Å². The summed E-state index contributed by atoms with van der Waals surface area (Å²) in [5.41, 5.74) is 3.88. The van der Waals surface area contributed by atoms with E-state index in [-0.39, 0.29) is 18.2 Å². The van der Waals surface area contributed by atoms with Crippen LogP contribution in [0.25, 0.3) is 22.2 Å². The lowest BCUT2D eigenvalue weighted by Crippen LogP contribution is -2.48. The van der Waals surface area contributed by atoms with Crippen LogP contribution in [0.15, 0.2) is 60.7 Å². The van der Waals surface area contributed by atoms with Crippen molar-refractivity contribution in [2.75, 3.05) is 6.79 Å². The number of esters is 1. The number of hydrogen-bond donors (Lipinski definition) is 0. The van der Waals surface area contributed by atoms with Crippen molar-refractivity contribution in [3.63, 3.8) is 0 Å². The minimum absolute atomic E-state index is 0.177. The summed E-state index contributed by atoms with van der Waals surface area (Å²) in [5, 5.41) is 9.04. The quantitative estimate of drug-likeness (QED) is 0.256. The minimum Gasteiger partial charge on any atom is -0.454 e. The molecule has 188 valence electrons. The summed E-state index contributed by atoms with van der Waals surface area (Å²) in [7, 11) is 0. The predicted octanol–water partition coefficient (Wildman–Crippen LogP) is 5.83. The van der Waals surface area contributed by atoms with Crippen molar-refractivity contribution in [2.24, 2.45) is 5.41 Å². The molecular formula is C31H25N3O4. The highest BCUT2D eigenvalue weighted by Crippen LogP contribution is 2.70. The Balaban J connectivity index is 1.26. The van der Waals surface area contributed by atoms with Crippen LogP contribution in [0.5, 0.6) is 17.2 Å². The maximum absolute atomic E-state index is 14.1. The van der Waals surface area contributed by atoms with Crippen molar-refractivity contribution in [3.8, 4) is 34.4 Å². The third-order valence-electron chi connectivity index (χ3n) is 9.29. The molecule has 7 nitrogen and oxygen atoms in total. The summed E-state index contributed by atoms with van der Waals surface area (Å²) >= 11 is 0. The highest BCUT2D eigenvalue weighted by atomic mass is 16.7. The van der Waals surface area contributed by atoms with E-state index in [1.54, 1.807) is 12.1 Å². The van der Waals surface area contributed by atoms with Crippen molar-refractivity contribution in [2.45, 2.75) is 44.4 Å². The van der Waals surface area contributed by atoms with Crippen molar-refractivity contribution in [1.82, 2.24) is 9.97 Å². The van der Waals surface area contributed by atoms with Gasteiger partial charge in [0.05, 0.1) is 34.1 Å². The molecule has 7 heteroatoms. The van der Waals surface area contributed by atoms with Crippen molar-refractivity contribution in [3.05, 3.63) is 77.6 Å². The molecule has 2 atom stereocenters. The Labute approximate surface area is 220 Å². The van der Waals surface area contributed by atoms with Crippen LogP contribution in [-0.2, 0) is 15.6 Å². The van der Waals surface area contributed by atoms with E-state index in [4.69, 9.17) is 29.4 Å². The summed E-state index contributed by atoms with van der Waals surface area (Å²) in [6.45, 7) is 6.63. The maximum atomic E-state index is 14.1. The second-order valence-electron chi connectivity index (χ2n) is 11.1. The van der Waals surface area contributed by atoms with Gasteiger partial charge in [-0.1, -0.05) is 45.0 Å². The first-order chi connectivity index (χ1) is 18.3. The number of nitriles is 1.